The van der Waals surface area contributed by atoms with Crippen molar-refractivity contribution >= 4 is 37.8 Å². The van der Waals surface area contributed by atoms with Gasteiger partial charge in [-0.3, -0.25) is 4.79 Å². The van der Waals surface area contributed by atoms with E-state index in [4.69, 9.17) is 0 Å². The zero-order valence-electron chi connectivity index (χ0n) is 9.67. The van der Waals surface area contributed by atoms with Crippen molar-refractivity contribution in [3.63, 3.8) is 0 Å². The van der Waals surface area contributed by atoms with Crippen LogP contribution in [0.15, 0.2) is 27.1 Å². The van der Waals surface area contributed by atoms with Crippen LogP contribution >= 0.6 is 31.9 Å². The van der Waals surface area contributed by atoms with Crippen LogP contribution in [0.3, 0.4) is 0 Å². The van der Waals surface area contributed by atoms with Crippen LogP contribution in [0.1, 0.15) is 36.5 Å². The van der Waals surface area contributed by atoms with Crippen LogP contribution in [-0.2, 0) is 0 Å². The summed E-state index contributed by atoms with van der Waals surface area (Å²) in [5.41, 5.74) is 0.701. The van der Waals surface area contributed by atoms with E-state index in [1.807, 2.05) is 18.2 Å². The van der Waals surface area contributed by atoms with E-state index in [0.717, 1.165) is 15.4 Å². The molecule has 0 saturated heterocycles. The lowest BCUT2D eigenvalue weighted by Crippen LogP contribution is -2.36. The van der Waals surface area contributed by atoms with Gasteiger partial charge in [0.05, 0.1) is 5.56 Å². The van der Waals surface area contributed by atoms with Crippen LogP contribution in [0.4, 0.5) is 0 Å². The highest BCUT2D eigenvalue weighted by Gasteiger charge is 2.25. The summed E-state index contributed by atoms with van der Waals surface area (Å²) in [6.45, 7) is 2.20. The molecule has 0 radical (unpaired) electrons. The molecule has 1 saturated carbocycles. The number of halogens is 2. The second-order valence-corrected chi connectivity index (χ2v) is 6.38. The fraction of sp³-hybridized carbons (Fsp3) is 0.462. The fourth-order valence-electron chi connectivity index (χ4n) is 2.28. The summed E-state index contributed by atoms with van der Waals surface area (Å²) in [5.74, 6) is 0.608. The Morgan fingerprint density at radius 2 is 2.12 bits per heavy atom. The lowest BCUT2D eigenvalue weighted by molar-refractivity contribution is 0.0929. The molecule has 2 unspecified atom stereocenters. The molecule has 1 aromatic rings. The molecule has 1 N–H and O–H groups in total. The third kappa shape index (κ3) is 3.10. The van der Waals surface area contributed by atoms with Gasteiger partial charge in [-0.05, 0) is 52.9 Å². The topological polar surface area (TPSA) is 29.1 Å². The van der Waals surface area contributed by atoms with E-state index in [9.17, 15) is 4.79 Å². The van der Waals surface area contributed by atoms with Crippen molar-refractivity contribution in [3.05, 3.63) is 32.7 Å². The average molecular weight is 361 g/mol. The Balaban J connectivity index is 2.09. The van der Waals surface area contributed by atoms with Crippen molar-refractivity contribution in [2.45, 2.75) is 32.2 Å². The highest BCUT2D eigenvalue weighted by molar-refractivity contribution is 9.11. The van der Waals surface area contributed by atoms with Crippen molar-refractivity contribution in [2.75, 3.05) is 0 Å². The number of nitrogens with one attached hydrogen (secondary N) is 1. The van der Waals surface area contributed by atoms with Crippen LogP contribution in [0, 0.1) is 5.92 Å². The van der Waals surface area contributed by atoms with E-state index in [1.54, 1.807) is 0 Å². The number of carbonyl (C=O) groups is 1. The monoisotopic (exact) mass is 359 g/mol. The van der Waals surface area contributed by atoms with Gasteiger partial charge < -0.3 is 5.32 Å². The maximum Gasteiger partial charge on any atom is 0.252 e. The Kier molecular flexibility index (Phi) is 4.26. The van der Waals surface area contributed by atoms with Gasteiger partial charge in [-0.2, -0.15) is 0 Å². The molecule has 1 aromatic carbocycles. The predicted octanol–water partition coefficient (Wildman–Crippen LogP) is 4.13. The van der Waals surface area contributed by atoms with Gasteiger partial charge >= 0.3 is 0 Å². The van der Waals surface area contributed by atoms with Crippen molar-refractivity contribution < 1.29 is 4.79 Å². The second-order valence-electron chi connectivity index (χ2n) is 4.61. The van der Waals surface area contributed by atoms with E-state index in [-0.39, 0.29) is 5.91 Å². The number of rotatable bonds is 2. The zero-order valence-corrected chi connectivity index (χ0v) is 12.8. The standard InChI is InChI=1S/C13H15Br2NO/c1-8-3-2-4-12(8)16-13(17)10-6-5-9(14)7-11(10)15/h5-8,12H,2-4H2,1H3,(H,16,17). The molecule has 92 valence electrons. The summed E-state index contributed by atoms with van der Waals surface area (Å²) in [6, 6.07) is 5.95. The largest absolute Gasteiger partial charge is 0.349 e. The van der Waals surface area contributed by atoms with E-state index in [2.05, 4.69) is 44.1 Å². The molecule has 1 aliphatic rings. The van der Waals surface area contributed by atoms with E-state index < -0.39 is 0 Å². The summed E-state index contributed by atoms with van der Waals surface area (Å²) in [5, 5.41) is 3.12. The Morgan fingerprint density at radius 3 is 2.71 bits per heavy atom. The summed E-state index contributed by atoms with van der Waals surface area (Å²) in [4.78, 5) is 12.1. The number of amides is 1. The highest BCUT2D eigenvalue weighted by Crippen LogP contribution is 2.26. The molecular formula is C13H15Br2NO. The van der Waals surface area contributed by atoms with Crippen LogP contribution in [0.25, 0.3) is 0 Å². The maximum absolute atomic E-state index is 12.1. The summed E-state index contributed by atoms with van der Waals surface area (Å²) >= 11 is 6.80. The van der Waals surface area contributed by atoms with Crippen molar-refractivity contribution in [1.82, 2.24) is 5.32 Å². The fourth-order valence-corrected chi connectivity index (χ4v) is 3.51. The molecular weight excluding hydrogens is 346 g/mol. The molecule has 17 heavy (non-hydrogen) atoms. The minimum Gasteiger partial charge on any atom is -0.349 e. The first-order valence-electron chi connectivity index (χ1n) is 5.84. The molecule has 1 aliphatic carbocycles. The van der Waals surface area contributed by atoms with Gasteiger partial charge in [-0.15, -0.1) is 0 Å². The van der Waals surface area contributed by atoms with Gasteiger partial charge in [0.2, 0.25) is 0 Å². The molecule has 2 rings (SSSR count). The number of benzene rings is 1. The summed E-state index contributed by atoms with van der Waals surface area (Å²) in [7, 11) is 0. The first-order chi connectivity index (χ1) is 8.08. The molecule has 1 amide bonds. The average Bonchev–Trinajstić information content (AvgIpc) is 2.64. The van der Waals surface area contributed by atoms with Crippen LogP contribution in [0.5, 0.6) is 0 Å². The van der Waals surface area contributed by atoms with Gasteiger partial charge in [0.15, 0.2) is 0 Å². The first kappa shape index (κ1) is 13.1. The molecule has 0 spiro atoms. The van der Waals surface area contributed by atoms with Gasteiger partial charge in [0.1, 0.15) is 0 Å². The van der Waals surface area contributed by atoms with Crippen molar-refractivity contribution in [3.8, 4) is 0 Å². The van der Waals surface area contributed by atoms with Crippen LogP contribution in [0.2, 0.25) is 0 Å². The van der Waals surface area contributed by atoms with Crippen LogP contribution in [-0.4, -0.2) is 11.9 Å². The Hall–Kier alpha value is -0.350. The molecule has 4 heteroatoms. The lowest BCUT2D eigenvalue weighted by atomic mass is 10.1. The molecule has 1 fully saturated rings. The van der Waals surface area contributed by atoms with E-state index in [0.29, 0.717) is 17.5 Å². The molecule has 0 bridgehead atoms. The normalized spacial score (nSPS) is 23.7. The van der Waals surface area contributed by atoms with Crippen LogP contribution < -0.4 is 5.32 Å². The molecule has 2 nitrogen and oxygen atoms in total. The minimum absolute atomic E-state index is 0.0168. The first-order valence-corrected chi connectivity index (χ1v) is 7.42. The molecule has 0 aliphatic heterocycles. The quantitative estimate of drug-likeness (QED) is 0.844. The minimum atomic E-state index is 0.0168. The number of hydrogen-bond acceptors (Lipinski definition) is 1. The Labute approximate surface area is 118 Å². The van der Waals surface area contributed by atoms with Gasteiger partial charge in [-0.25, -0.2) is 0 Å². The van der Waals surface area contributed by atoms with Crippen molar-refractivity contribution in [2.24, 2.45) is 5.92 Å². The van der Waals surface area contributed by atoms with E-state index in [1.165, 1.54) is 12.8 Å². The number of carbonyl (C=O) groups excluding carboxylic acids is 1. The third-order valence-electron chi connectivity index (χ3n) is 3.35. The molecule has 0 aromatic heterocycles. The number of hydrogen-bond donors (Lipinski definition) is 1. The zero-order chi connectivity index (χ0) is 12.4. The predicted molar refractivity (Wildman–Crippen MR) is 76.1 cm³/mol. The molecule has 0 heterocycles. The second kappa shape index (κ2) is 5.53. The highest BCUT2D eigenvalue weighted by atomic mass is 79.9. The SMILES string of the molecule is CC1CCCC1NC(=O)c1ccc(Br)cc1Br. The van der Waals surface area contributed by atoms with E-state index >= 15 is 0 Å². The van der Waals surface area contributed by atoms with Gasteiger partial charge in [0.25, 0.3) is 5.91 Å². The Morgan fingerprint density at radius 1 is 1.35 bits per heavy atom. The van der Waals surface area contributed by atoms with Crippen molar-refractivity contribution in [1.29, 1.82) is 0 Å². The maximum atomic E-state index is 12.1. The lowest BCUT2D eigenvalue weighted by Gasteiger charge is -2.17. The van der Waals surface area contributed by atoms with Gasteiger partial charge in [-0.1, -0.05) is 29.3 Å². The summed E-state index contributed by atoms with van der Waals surface area (Å²) < 4.78 is 1.80. The summed E-state index contributed by atoms with van der Waals surface area (Å²) in [6.07, 6.45) is 3.53. The van der Waals surface area contributed by atoms with Gasteiger partial charge in [0, 0.05) is 15.0 Å². The third-order valence-corrected chi connectivity index (χ3v) is 4.50. The smallest absolute Gasteiger partial charge is 0.252 e. The molecule has 2 atom stereocenters. The Bertz CT molecular complexity index is 433.